The molecule has 0 unspecified atom stereocenters. The van der Waals surface area contributed by atoms with Crippen molar-refractivity contribution in [3.8, 4) is 0 Å². The Hall–Kier alpha value is -2.10. The number of nitrogens with one attached hydrogen (secondary N) is 1. The number of fused-ring (bicyclic) bond motifs is 1. The van der Waals surface area contributed by atoms with Gasteiger partial charge in [-0.2, -0.15) is 5.10 Å². The van der Waals surface area contributed by atoms with Crippen LogP contribution in [0.2, 0.25) is 0 Å². The molecule has 1 heterocycles. The van der Waals surface area contributed by atoms with Gasteiger partial charge in [-0.25, -0.2) is 0 Å². The number of benzene rings is 1. The molecule has 1 atom stereocenters. The van der Waals surface area contributed by atoms with Gasteiger partial charge in [0.2, 0.25) is 5.91 Å². The van der Waals surface area contributed by atoms with Gasteiger partial charge in [0.15, 0.2) is 0 Å². The van der Waals surface area contributed by atoms with Crippen molar-refractivity contribution < 1.29 is 4.79 Å². The summed E-state index contributed by atoms with van der Waals surface area (Å²) in [5, 5.41) is 8.71. The van der Waals surface area contributed by atoms with E-state index in [9.17, 15) is 4.79 Å². The van der Waals surface area contributed by atoms with E-state index in [4.69, 9.17) is 0 Å². The molecule has 4 nitrogen and oxygen atoms in total. The summed E-state index contributed by atoms with van der Waals surface area (Å²) in [7, 11) is 1.94. The smallest absolute Gasteiger partial charge is 0.223 e. The molecule has 1 aliphatic rings. The molecule has 0 saturated heterocycles. The number of allylic oxidation sites excluding steroid dienone is 2. The molecule has 4 heteroatoms. The monoisotopic (exact) mass is 283 g/mol. The topological polar surface area (TPSA) is 46.9 Å². The lowest BCUT2D eigenvalue weighted by molar-refractivity contribution is -0.125. The number of carbonyl (C=O) groups is 1. The van der Waals surface area contributed by atoms with E-state index in [1.807, 2.05) is 11.7 Å². The summed E-state index contributed by atoms with van der Waals surface area (Å²) in [6, 6.07) is 6.29. The van der Waals surface area contributed by atoms with Gasteiger partial charge in [0.25, 0.3) is 0 Å². The van der Waals surface area contributed by atoms with Gasteiger partial charge in [0.05, 0.1) is 17.8 Å². The number of hydrogen-bond donors (Lipinski definition) is 1. The van der Waals surface area contributed by atoms with Crippen LogP contribution in [-0.2, 0) is 18.4 Å². The van der Waals surface area contributed by atoms with Crippen molar-refractivity contribution in [1.82, 2.24) is 15.1 Å². The average Bonchev–Trinajstić information content (AvgIpc) is 2.81. The van der Waals surface area contributed by atoms with E-state index < -0.39 is 0 Å². The number of nitrogens with zero attached hydrogens (tertiary/aromatic N) is 2. The Kier molecular flexibility index (Phi) is 3.78. The fraction of sp³-hybridized carbons (Fsp3) is 0.412. The SMILES string of the molecule is Cc1ccc2c(c1)c(CNC(=O)[C@H]1CC=CCC1)nn2C. The largest absolute Gasteiger partial charge is 0.350 e. The summed E-state index contributed by atoms with van der Waals surface area (Å²) in [5.41, 5.74) is 3.25. The van der Waals surface area contributed by atoms with Crippen molar-refractivity contribution in [2.45, 2.75) is 32.7 Å². The molecular weight excluding hydrogens is 262 g/mol. The van der Waals surface area contributed by atoms with Crippen molar-refractivity contribution in [2.24, 2.45) is 13.0 Å². The van der Waals surface area contributed by atoms with E-state index in [2.05, 4.69) is 47.7 Å². The molecule has 21 heavy (non-hydrogen) atoms. The van der Waals surface area contributed by atoms with Crippen LogP contribution < -0.4 is 5.32 Å². The Labute approximate surface area is 124 Å². The third kappa shape index (κ3) is 2.84. The molecule has 2 aromatic rings. The van der Waals surface area contributed by atoms with Crippen LogP contribution in [0.4, 0.5) is 0 Å². The third-order valence-corrected chi connectivity index (χ3v) is 4.15. The highest BCUT2D eigenvalue weighted by molar-refractivity contribution is 5.84. The minimum absolute atomic E-state index is 0.117. The van der Waals surface area contributed by atoms with E-state index in [1.165, 1.54) is 5.56 Å². The zero-order valence-corrected chi connectivity index (χ0v) is 12.6. The number of hydrogen-bond acceptors (Lipinski definition) is 2. The van der Waals surface area contributed by atoms with Gasteiger partial charge in [-0.1, -0.05) is 23.8 Å². The number of aromatic nitrogens is 2. The second-order valence-electron chi connectivity index (χ2n) is 5.79. The van der Waals surface area contributed by atoms with Crippen LogP contribution in [0.5, 0.6) is 0 Å². The maximum Gasteiger partial charge on any atom is 0.223 e. The molecule has 0 saturated carbocycles. The molecule has 3 rings (SSSR count). The predicted octanol–water partition coefficient (Wildman–Crippen LogP) is 2.85. The minimum Gasteiger partial charge on any atom is -0.350 e. The number of carbonyl (C=O) groups excluding carboxylic acids is 1. The predicted molar refractivity (Wildman–Crippen MR) is 83.8 cm³/mol. The van der Waals surface area contributed by atoms with Crippen LogP contribution in [0, 0.1) is 12.8 Å². The lowest BCUT2D eigenvalue weighted by atomic mass is 9.94. The third-order valence-electron chi connectivity index (χ3n) is 4.15. The van der Waals surface area contributed by atoms with E-state index in [-0.39, 0.29) is 11.8 Å². The van der Waals surface area contributed by atoms with Crippen LogP contribution in [0.1, 0.15) is 30.5 Å². The number of amides is 1. The van der Waals surface area contributed by atoms with Gasteiger partial charge in [0, 0.05) is 18.4 Å². The summed E-state index contributed by atoms with van der Waals surface area (Å²) in [6.45, 7) is 2.57. The van der Waals surface area contributed by atoms with Crippen molar-refractivity contribution >= 4 is 16.8 Å². The first kappa shape index (κ1) is 13.9. The Balaban J connectivity index is 1.74. The summed E-state index contributed by atoms with van der Waals surface area (Å²) in [5.74, 6) is 0.262. The van der Waals surface area contributed by atoms with Gasteiger partial charge in [-0.15, -0.1) is 0 Å². The Morgan fingerprint density at radius 1 is 1.43 bits per heavy atom. The van der Waals surface area contributed by atoms with Crippen LogP contribution in [0.25, 0.3) is 10.9 Å². The molecule has 1 N–H and O–H groups in total. The highest BCUT2D eigenvalue weighted by Crippen LogP contribution is 2.21. The second kappa shape index (κ2) is 5.72. The van der Waals surface area contributed by atoms with Crippen LogP contribution >= 0.6 is 0 Å². The van der Waals surface area contributed by atoms with E-state index >= 15 is 0 Å². The van der Waals surface area contributed by atoms with Crippen LogP contribution in [0.3, 0.4) is 0 Å². The quantitative estimate of drug-likeness (QED) is 0.880. The van der Waals surface area contributed by atoms with Gasteiger partial charge < -0.3 is 5.32 Å². The summed E-state index contributed by atoms with van der Waals surface area (Å²) < 4.78 is 1.87. The van der Waals surface area contributed by atoms with Crippen molar-refractivity contribution in [1.29, 1.82) is 0 Å². The molecule has 1 aromatic heterocycles. The van der Waals surface area contributed by atoms with Gasteiger partial charge in [0.1, 0.15) is 0 Å². The van der Waals surface area contributed by atoms with Crippen LogP contribution in [0.15, 0.2) is 30.4 Å². The lowest BCUT2D eigenvalue weighted by Gasteiger charge is -2.16. The average molecular weight is 283 g/mol. The summed E-state index contributed by atoms with van der Waals surface area (Å²) in [6.07, 6.45) is 7.06. The zero-order chi connectivity index (χ0) is 14.8. The molecule has 0 bridgehead atoms. The molecule has 1 amide bonds. The highest BCUT2D eigenvalue weighted by Gasteiger charge is 2.19. The summed E-state index contributed by atoms with van der Waals surface area (Å²) in [4.78, 5) is 12.2. The number of rotatable bonds is 3. The normalized spacial score (nSPS) is 18.1. The van der Waals surface area contributed by atoms with Crippen molar-refractivity contribution in [3.05, 3.63) is 41.6 Å². The minimum atomic E-state index is 0.117. The Morgan fingerprint density at radius 3 is 3.05 bits per heavy atom. The highest BCUT2D eigenvalue weighted by atomic mass is 16.1. The molecule has 0 spiro atoms. The van der Waals surface area contributed by atoms with Gasteiger partial charge in [-0.3, -0.25) is 9.48 Å². The van der Waals surface area contributed by atoms with Crippen molar-refractivity contribution in [2.75, 3.05) is 0 Å². The zero-order valence-electron chi connectivity index (χ0n) is 12.6. The molecule has 1 aromatic carbocycles. The fourth-order valence-electron chi connectivity index (χ4n) is 2.93. The molecule has 110 valence electrons. The first-order valence-corrected chi connectivity index (χ1v) is 7.50. The maximum atomic E-state index is 12.2. The van der Waals surface area contributed by atoms with Crippen molar-refractivity contribution in [3.63, 3.8) is 0 Å². The second-order valence-corrected chi connectivity index (χ2v) is 5.79. The van der Waals surface area contributed by atoms with E-state index in [1.54, 1.807) is 0 Å². The molecule has 0 radical (unpaired) electrons. The fourth-order valence-corrected chi connectivity index (χ4v) is 2.93. The van der Waals surface area contributed by atoms with Gasteiger partial charge >= 0.3 is 0 Å². The first-order chi connectivity index (χ1) is 10.1. The molecular formula is C17H21N3O. The van der Waals surface area contributed by atoms with E-state index in [0.29, 0.717) is 6.54 Å². The first-order valence-electron chi connectivity index (χ1n) is 7.50. The Bertz CT molecular complexity index is 699. The van der Waals surface area contributed by atoms with E-state index in [0.717, 1.165) is 35.9 Å². The maximum absolute atomic E-state index is 12.2. The summed E-state index contributed by atoms with van der Waals surface area (Å²) >= 11 is 0. The molecule has 0 fully saturated rings. The number of aryl methyl sites for hydroxylation is 2. The standard InChI is InChI=1S/C17H21N3O/c1-12-8-9-16-14(10-12)15(19-20(16)2)11-18-17(21)13-6-4-3-5-7-13/h3-4,8-10,13H,5-7,11H2,1-2H3,(H,18,21)/t13-/m0/s1. The molecule has 1 aliphatic carbocycles. The lowest BCUT2D eigenvalue weighted by Crippen LogP contribution is -2.30. The molecule has 0 aliphatic heterocycles. The Morgan fingerprint density at radius 2 is 2.29 bits per heavy atom. The van der Waals surface area contributed by atoms with Crippen LogP contribution in [-0.4, -0.2) is 15.7 Å². The van der Waals surface area contributed by atoms with Gasteiger partial charge in [-0.05, 0) is 38.3 Å².